The van der Waals surface area contributed by atoms with E-state index in [9.17, 15) is 0 Å². The van der Waals surface area contributed by atoms with Crippen LogP contribution in [0, 0.1) is 0 Å². The van der Waals surface area contributed by atoms with E-state index in [4.69, 9.17) is 0 Å². The highest BCUT2D eigenvalue weighted by molar-refractivity contribution is 5.78. The third-order valence-electron chi connectivity index (χ3n) is 2.38. The lowest BCUT2D eigenvalue weighted by Gasteiger charge is -2.10. The zero-order chi connectivity index (χ0) is 9.26. The van der Waals surface area contributed by atoms with Crippen LogP contribution in [0.4, 0.5) is 0 Å². The lowest BCUT2D eigenvalue weighted by molar-refractivity contribution is 0.656. The van der Waals surface area contributed by atoms with Gasteiger partial charge >= 0.3 is 0 Å². The molecule has 2 aromatic rings. The highest BCUT2D eigenvalue weighted by Crippen LogP contribution is 2.20. The molecule has 0 radical (unpaired) electrons. The van der Waals surface area contributed by atoms with Crippen LogP contribution < -0.4 is 5.32 Å². The van der Waals surface area contributed by atoms with Gasteiger partial charge in [-0.05, 0) is 25.6 Å². The maximum atomic E-state index is 4.29. The summed E-state index contributed by atoms with van der Waals surface area (Å²) in [4.78, 5) is 7.39. The van der Waals surface area contributed by atoms with Gasteiger partial charge in [-0.3, -0.25) is 0 Å². The van der Waals surface area contributed by atoms with Gasteiger partial charge in [0, 0.05) is 6.04 Å². The van der Waals surface area contributed by atoms with Crippen molar-refractivity contribution in [3.8, 4) is 0 Å². The Morgan fingerprint density at radius 3 is 3.08 bits per heavy atom. The average Bonchev–Trinajstić information content (AvgIpc) is 2.63. The topological polar surface area (TPSA) is 40.7 Å². The molecule has 1 aromatic heterocycles. The molecule has 0 aliphatic heterocycles. The molecule has 0 spiro atoms. The van der Waals surface area contributed by atoms with Gasteiger partial charge in [-0.25, -0.2) is 4.98 Å². The van der Waals surface area contributed by atoms with E-state index in [0.717, 1.165) is 11.0 Å². The lowest BCUT2D eigenvalue weighted by atomic mass is 10.1. The number of fused-ring (bicyclic) bond motifs is 1. The third-order valence-corrected chi connectivity index (χ3v) is 2.38. The number of hydrogen-bond acceptors (Lipinski definition) is 2. The summed E-state index contributed by atoms with van der Waals surface area (Å²) < 4.78 is 0. The fourth-order valence-electron chi connectivity index (χ4n) is 1.49. The molecule has 1 atom stereocenters. The van der Waals surface area contributed by atoms with Crippen LogP contribution in [0.1, 0.15) is 18.5 Å². The van der Waals surface area contributed by atoms with Gasteiger partial charge in [0.25, 0.3) is 0 Å². The van der Waals surface area contributed by atoms with Gasteiger partial charge in [0.1, 0.15) is 0 Å². The highest BCUT2D eigenvalue weighted by atomic mass is 14.9. The normalized spacial score (nSPS) is 13.4. The van der Waals surface area contributed by atoms with Crippen molar-refractivity contribution in [2.45, 2.75) is 13.0 Å². The van der Waals surface area contributed by atoms with E-state index >= 15 is 0 Å². The number of imidazole rings is 1. The molecule has 0 amide bonds. The molecule has 0 aliphatic rings. The minimum Gasteiger partial charge on any atom is -0.345 e. The molecule has 2 rings (SSSR count). The summed E-state index contributed by atoms with van der Waals surface area (Å²) in [5.41, 5.74) is 3.39. The van der Waals surface area contributed by atoms with Gasteiger partial charge in [0.15, 0.2) is 0 Å². The van der Waals surface area contributed by atoms with Crippen LogP contribution in [-0.2, 0) is 0 Å². The molecule has 0 saturated carbocycles. The Balaban J connectivity index is 2.60. The maximum absolute atomic E-state index is 4.29. The Kier molecular flexibility index (Phi) is 2.02. The summed E-state index contributed by atoms with van der Waals surface area (Å²) in [5.74, 6) is 0. The molecule has 3 nitrogen and oxygen atoms in total. The first kappa shape index (κ1) is 8.26. The maximum Gasteiger partial charge on any atom is 0.0932 e. The van der Waals surface area contributed by atoms with Crippen molar-refractivity contribution in [3.63, 3.8) is 0 Å². The molecule has 1 heterocycles. The summed E-state index contributed by atoms with van der Waals surface area (Å²) in [6.45, 7) is 2.13. The van der Waals surface area contributed by atoms with Crippen molar-refractivity contribution >= 4 is 11.0 Å². The first-order chi connectivity index (χ1) is 6.33. The fraction of sp³-hybridized carbons (Fsp3) is 0.300. The van der Waals surface area contributed by atoms with Crippen molar-refractivity contribution in [1.82, 2.24) is 15.3 Å². The Morgan fingerprint density at radius 1 is 1.46 bits per heavy atom. The number of H-pyrrole nitrogens is 1. The number of nitrogens with zero attached hydrogens (tertiary/aromatic N) is 1. The Labute approximate surface area is 77.2 Å². The minimum absolute atomic E-state index is 0.340. The summed E-state index contributed by atoms with van der Waals surface area (Å²) >= 11 is 0. The van der Waals surface area contributed by atoms with Crippen LogP contribution in [0.3, 0.4) is 0 Å². The molecule has 0 fully saturated rings. The van der Waals surface area contributed by atoms with Gasteiger partial charge < -0.3 is 10.3 Å². The molecule has 0 bridgehead atoms. The number of aromatic amines is 1. The standard InChI is InChI=1S/C10H13N3/c1-7(11-2)8-4-3-5-9-10(8)13-6-12-9/h3-7,11H,1-2H3,(H,12,13). The second-order valence-electron chi connectivity index (χ2n) is 3.16. The lowest BCUT2D eigenvalue weighted by Crippen LogP contribution is -2.12. The molecule has 1 unspecified atom stereocenters. The van der Waals surface area contributed by atoms with Crippen molar-refractivity contribution in [2.75, 3.05) is 7.05 Å². The van der Waals surface area contributed by atoms with Crippen LogP contribution in [-0.4, -0.2) is 17.0 Å². The minimum atomic E-state index is 0.340. The van der Waals surface area contributed by atoms with Crippen molar-refractivity contribution in [2.24, 2.45) is 0 Å². The van der Waals surface area contributed by atoms with E-state index < -0.39 is 0 Å². The van der Waals surface area contributed by atoms with Gasteiger partial charge in [-0.15, -0.1) is 0 Å². The second kappa shape index (κ2) is 3.18. The third kappa shape index (κ3) is 1.31. The first-order valence-corrected chi connectivity index (χ1v) is 4.42. The summed E-state index contributed by atoms with van der Waals surface area (Å²) in [7, 11) is 1.95. The zero-order valence-electron chi connectivity index (χ0n) is 7.83. The molecular formula is C10H13N3. The van der Waals surface area contributed by atoms with Crippen molar-refractivity contribution in [3.05, 3.63) is 30.1 Å². The van der Waals surface area contributed by atoms with Crippen LogP contribution >= 0.6 is 0 Å². The molecular weight excluding hydrogens is 162 g/mol. The molecule has 1 aromatic carbocycles. The number of rotatable bonds is 2. The van der Waals surface area contributed by atoms with Crippen LogP contribution in [0.2, 0.25) is 0 Å². The van der Waals surface area contributed by atoms with E-state index in [0.29, 0.717) is 6.04 Å². The molecule has 68 valence electrons. The molecule has 3 heteroatoms. The Bertz CT molecular complexity index is 405. The van der Waals surface area contributed by atoms with E-state index in [2.05, 4.69) is 28.3 Å². The van der Waals surface area contributed by atoms with Gasteiger partial charge in [-0.2, -0.15) is 0 Å². The molecule has 0 saturated heterocycles. The van der Waals surface area contributed by atoms with Crippen LogP contribution in [0.25, 0.3) is 11.0 Å². The second-order valence-corrected chi connectivity index (χ2v) is 3.16. The van der Waals surface area contributed by atoms with Crippen molar-refractivity contribution in [1.29, 1.82) is 0 Å². The van der Waals surface area contributed by atoms with Crippen LogP contribution in [0.5, 0.6) is 0 Å². The summed E-state index contributed by atoms with van der Waals surface area (Å²) in [6, 6.07) is 6.52. The largest absolute Gasteiger partial charge is 0.345 e. The highest BCUT2D eigenvalue weighted by Gasteiger charge is 2.07. The fourth-order valence-corrected chi connectivity index (χ4v) is 1.49. The number of hydrogen-bond donors (Lipinski definition) is 2. The predicted molar refractivity (Wildman–Crippen MR) is 53.6 cm³/mol. The molecule has 0 aliphatic carbocycles. The Morgan fingerprint density at radius 2 is 2.31 bits per heavy atom. The quantitative estimate of drug-likeness (QED) is 0.731. The average molecular weight is 175 g/mol. The van der Waals surface area contributed by atoms with E-state index in [1.165, 1.54) is 5.56 Å². The first-order valence-electron chi connectivity index (χ1n) is 4.42. The number of benzene rings is 1. The molecule has 13 heavy (non-hydrogen) atoms. The SMILES string of the molecule is CNC(C)c1cccc2[nH]cnc12. The zero-order valence-corrected chi connectivity index (χ0v) is 7.83. The van der Waals surface area contributed by atoms with Crippen LogP contribution in [0.15, 0.2) is 24.5 Å². The summed E-state index contributed by atoms with van der Waals surface area (Å²) in [6.07, 6.45) is 1.73. The monoisotopic (exact) mass is 175 g/mol. The Hall–Kier alpha value is -1.35. The smallest absolute Gasteiger partial charge is 0.0932 e. The van der Waals surface area contributed by atoms with Gasteiger partial charge in [-0.1, -0.05) is 12.1 Å². The van der Waals surface area contributed by atoms with Crippen molar-refractivity contribution < 1.29 is 0 Å². The molecule has 2 N–H and O–H groups in total. The predicted octanol–water partition coefficient (Wildman–Crippen LogP) is 1.84. The number of nitrogens with one attached hydrogen (secondary N) is 2. The van der Waals surface area contributed by atoms with E-state index in [1.807, 2.05) is 19.2 Å². The number of para-hydroxylation sites is 1. The van der Waals surface area contributed by atoms with Gasteiger partial charge in [0.2, 0.25) is 0 Å². The summed E-state index contributed by atoms with van der Waals surface area (Å²) in [5, 5.41) is 3.21. The van der Waals surface area contributed by atoms with E-state index in [-0.39, 0.29) is 0 Å². The van der Waals surface area contributed by atoms with Gasteiger partial charge in [0.05, 0.1) is 17.4 Å². The number of aromatic nitrogens is 2. The van der Waals surface area contributed by atoms with E-state index in [1.54, 1.807) is 6.33 Å².